The number of benzene rings is 1. The minimum absolute atomic E-state index is 0.0452. The summed E-state index contributed by atoms with van der Waals surface area (Å²) in [6, 6.07) is 4.67. The van der Waals surface area contributed by atoms with Gasteiger partial charge in [0.2, 0.25) is 0 Å². The van der Waals surface area contributed by atoms with Crippen LogP contribution in [0.4, 0.5) is 11.4 Å². The minimum Gasteiger partial charge on any atom is -0.456 e. The Morgan fingerprint density at radius 1 is 1.45 bits per heavy atom. The Morgan fingerprint density at radius 3 is 2.73 bits per heavy atom. The number of anilines is 1. The van der Waals surface area contributed by atoms with Crippen LogP contribution in [0.15, 0.2) is 29.0 Å². The monoisotopic (exact) mass is 305 g/mol. The molecule has 22 heavy (non-hydrogen) atoms. The van der Waals surface area contributed by atoms with Crippen LogP contribution in [-0.4, -0.2) is 30.0 Å². The highest BCUT2D eigenvalue weighted by Crippen LogP contribution is 2.28. The van der Waals surface area contributed by atoms with Crippen LogP contribution in [-0.2, 0) is 11.3 Å². The Hall–Kier alpha value is -2.90. The zero-order chi connectivity index (χ0) is 16.3. The van der Waals surface area contributed by atoms with E-state index in [1.807, 2.05) is 0 Å². The lowest BCUT2D eigenvalue weighted by Crippen LogP contribution is -2.12. The predicted octanol–water partition coefficient (Wildman–Crippen LogP) is 2.31. The summed E-state index contributed by atoms with van der Waals surface area (Å²) in [4.78, 5) is 27.8. The van der Waals surface area contributed by atoms with Crippen molar-refractivity contribution in [3.63, 3.8) is 0 Å². The Kier molecular flexibility index (Phi) is 4.40. The van der Waals surface area contributed by atoms with Gasteiger partial charge in [-0.3, -0.25) is 10.1 Å². The fourth-order valence-corrected chi connectivity index (χ4v) is 1.90. The van der Waals surface area contributed by atoms with Crippen LogP contribution in [0, 0.1) is 17.0 Å². The van der Waals surface area contributed by atoms with E-state index < -0.39 is 10.9 Å². The van der Waals surface area contributed by atoms with Crippen molar-refractivity contribution in [1.82, 2.24) is 4.98 Å². The zero-order valence-corrected chi connectivity index (χ0v) is 12.4. The second-order valence-electron chi connectivity index (χ2n) is 4.81. The van der Waals surface area contributed by atoms with Gasteiger partial charge in [0.1, 0.15) is 18.1 Å². The number of aryl methyl sites for hydroxylation is 1. The van der Waals surface area contributed by atoms with Gasteiger partial charge in [-0.2, -0.15) is 0 Å². The van der Waals surface area contributed by atoms with E-state index in [1.54, 1.807) is 38.1 Å². The molecule has 0 aliphatic heterocycles. The Bertz CT molecular complexity index is 708. The third-order valence-electron chi connectivity index (χ3n) is 3.03. The molecule has 0 spiro atoms. The summed E-state index contributed by atoms with van der Waals surface area (Å²) in [6.45, 7) is 1.51. The van der Waals surface area contributed by atoms with E-state index in [2.05, 4.69) is 4.98 Å². The molecule has 8 heteroatoms. The molecule has 0 radical (unpaired) electrons. The van der Waals surface area contributed by atoms with E-state index in [0.29, 0.717) is 17.0 Å². The van der Waals surface area contributed by atoms with Gasteiger partial charge in [-0.15, -0.1) is 0 Å². The maximum atomic E-state index is 11.8. The summed E-state index contributed by atoms with van der Waals surface area (Å²) < 4.78 is 10.0. The number of carbonyl (C=O) groups excluding carboxylic acids is 1. The van der Waals surface area contributed by atoms with E-state index in [1.165, 1.54) is 6.07 Å². The maximum absolute atomic E-state index is 11.8. The Labute approximate surface area is 126 Å². The Morgan fingerprint density at radius 2 is 2.18 bits per heavy atom. The first-order valence-electron chi connectivity index (χ1n) is 6.42. The molecule has 1 aromatic carbocycles. The SMILES string of the molecule is Cc1ocnc1C(=O)OCc1ccc(N(C)C)c([N+](=O)[O-])c1. The van der Waals surface area contributed by atoms with Crippen LogP contribution >= 0.6 is 0 Å². The topological polar surface area (TPSA) is 98.7 Å². The first-order chi connectivity index (χ1) is 10.4. The number of esters is 1. The third kappa shape index (κ3) is 3.22. The normalized spacial score (nSPS) is 10.3. The number of nitro groups is 1. The second-order valence-corrected chi connectivity index (χ2v) is 4.81. The maximum Gasteiger partial charge on any atom is 0.360 e. The third-order valence-corrected chi connectivity index (χ3v) is 3.03. The van der Waals surface area contributed by atoms with Crippen LogP contribution in [0.5, 0.6) is 0 Å². The Balaban J connectivity index is 2.14. The first-order valence-corrected chi connectivity index (χ1v) is 6.42. The van der Waals surface area contributed by atoms with Crippen molar-refractivity contribution >= 4 is 17.3 Å². The van der Waals surface area contributed by atoms with Crippen LogP contribution in [0.1, 0.15) is 21.8 Å². The smallest absolute Gasteiger partial charge is 0.360 e. The van der Waals surface area contributed by atoms with Gasteiger partial charge in [-0.05, 0) is 18.6 Å². The lowest BCUT2D eigenvalue weighted by molar-refractivity contribution is -0.384. The molecule has 0 amide bonds. The standard InChI is InChI=1S/C14H15N3O5/c1-9-13(15-8-22-9)14(18)21-7-10-4-5-11(16(2)3)12(6-10)17(19)20/h4-6,8H,7H2,1-3H3. The lowest BCUT2D eigenvalue weighted by atomic mass is 10.1. The van der Waals surface area contributed by atoms with E-state index in [9.17, 15) is 14.9 Å². The van der Waals surface area contributed by atoms with Crippen molar-refractivity contribution in [3.05, 3.63) is 51.7 Å². The summed E-state index contributed by atoms with van der Waals surface area (Å²) in [5, 5.41) is 11.1. The van der Waals surface area contributed by atoms with Gasteiger partial charge in [0.05, 0.1) is 4.92 Å². The highest BCUT2D eigenvalue weighted by Gasteiger charge is 2.18. The average Bonchev–Trinajstić information content (AvgIpc) is 2.90. The van der Waals surface area contributed by atoms with Crippen molar-refractivity contribution in [3.8, 4) is 0 Å². The van der Waals surface area contributed by atoms with Gasteiger partial charge in [-0.25, -0.2) is 9.78 Å². The molecule has 2 aromatic rings. The molecule has 0 N–H and O–H groups in total. The zero-order valence-electron chi connectivity index (χ0n) is 12.4. The van der Waals surface area contributed by atoms with Gasteiger partial charge in [0.25, 0.3) is 5.69 Å². The molecule has 0 bridgehead atoms. The largest absolute Gasteiger partial charge is 0.456 e. The number of carbonyl (C=O) groups is 1. The molecule has 0 saturated heterocycles. The highest BCUT2D eigenvalue weighted by atomic mass is 16.6. The summed E-state index contributed by atoms with van der Waals surface area (Å²) in [7, 11) is 3.44. The van der Waals surface area contributed by atoms with Crippen molar-refractivity contribution < 1.29 is 18.9 Å². The van der Waals surface area contributed by atoms with Crippen LogP contribution < -0.4 is 4.90 Å². The quantitative estimate of drug-likeness (QED) is 0.475. The fourth-order valence-electron chi connectivity index (χ4n) is 1.90. The van der Waals surface area contributed by atoms with E-state index in [4.69, 9.17) is 9.15 Å². The number of nitrogens with zero attached hydrogens (tertiary/aromatic N) is 3. The summed E-state index contributed by atoms with van der Waals surface area (Å²) in [5.41, 5.74) is 1.05. The number of nitro benzene ring substituents is 1. The van der Waals surface area contributed by atoms with Gasteiger partial charge in [-0.1, -0.05) is 6.07 Å². The molecular weight excluding hydrogens is 290 g/mol. The average molecular weight is 305 g/mol. The molecule has 116 valence electrons. The van der Waals surface area contributed by atoms with Gasteiger partial charge in [0.15, 0.2) is 12.1 Å². The van der Waals surface area contributed by atoms with Crippen molar-refractivity contribution in [2.75, 3.05) is 19.0 Å². The molecular formula is C14H15N3O5. The predicted molar refractivity (Wildman–Crippen MR) is 77.8 cm³/mol. The number of hydrogen-bond acceptors (Lipinski definition) is 7. The highest BCUT2D eigenvalue weighted by molar-refractivity contribution is 5.88. The second kappa shape index (κ2) is 6.25. The summed E-state index contributed by atoms with van der Waals surface area (Å²) >= 11 is 0. The molecule has 8 nitrogen and oxygen atoms in total. The molecule has 0 atom stereocenters. The van der Waals surface area contributed by atoms with E-state index >= 15 is 0 Å². The fraction of sp³-hybridized carbons (Fsp3) is 0.286. The molecule has 0 unspecified atom stereocenters. The van der Waals surface area contributed by atoms with E-state index in [0.717, 1.165) is 6.39 Å². The first kappa shape index (κ1) is 15.5. The molecule has 0 fully saturated rings. The number of ether oxygens (including phenoxy) is 1. The summed E-state index contributed by atoms with van der Waals surface area (Å²) in [5.74, 6) is -0.274. The summed E-state index contributed by atoms with van der Waals surface area (Å²) in [6.07, 6.45) is 1.16. The van der Waals surface area contributed by atoms with Crippen molar-refractivity contribution in [2.24, 2.45) is 0 Å². The van der Waals surface area contributed by atoms with Gasteiger partial charge in [0, 0.05) is 20.2 Å². The number of hydrogen-bond donors (Lipinski definition) is 0. The van der Waals surface area contributed by atoms with Crippen molar-refractivity contribution in [1.29, 1.82) is 0 Å². The lowest BCUT2D eigenvalue weighted by Gasteiger charge is -2.13. The number of rotatable bonds is 5. The number of aromatic nitrogens is 1. The molecule has 1 heterocycles. The van der Waals surface area contributed by atoms with Crippen molar-refractivity contribution in [2.45, 2.75) is 13.5 Å². The van der Waals surface area contributed by atoms with Crippen LogP contribution in [0.2, 0.25) is 0 Å². The molecule has 2 rings (SSSR count). The van der Waals surface area contributed by atoms with E-state index in [-0.39, 0.29) is 18.0 Å². The van der Waals surface area contributed by atoms with Gasteiger partial charge >= 0.3 is 5.97 Å². The molecule has 0 aliphatic carbocycles. The van der Waals surface area contributed by atoms with Crippen LogP contribution in [0.25, 0.3) is 0 Å². The minimum atomic E-state index is -0.634. The molecule has 0 aliphatic rings. The van der Waals surface area contributed by atoms with Gasteiger partial charge < -0.3 is 14.1 Å². The molecule has 1 aromatic heterocycles. The number of oxazole rings is 1. The molecule has 0 saturated carbocycles. The van der Waals surface area contributed by atoms with Crippen LogP contribution in [0.3, 0.4) is 0 Å².